The van der Waals surface area contributed by atoms with Crippen LogP contribution < -0.4 is 9.47 Å². The van der Waals surface area contributed by atoms with E-state index in [0.717, 1.165) is 20.9 Å². The smallest absolute Gasteiger partial charge is 0.383 e. The van der Waals surface area contributed by atoms with Crippen molar-refractivity contribution in [2.24, 2.45) is 0 Å². The van der Waals surface area contributed by atoms with Crippen molar-refractivity contribution in [2.45, 2.75) is 59.1 Å². The van der Waals surface area contributed by atoms with E-state index in [0.29, 0.717) is 68.9 Å². The van der Waals surface area contributed by atoms with Crippen molar-refractivity contribution in [3.8, 4) is 12.0 Å². The second-order valence-corrected chi connectivity index (χ2v) is 17.4. The summed E-state index contributed by atoms with van der Waals surface area (Å²) in [6.45, 7) is 0.896. The highest BCUT2D eigenvalue weighted by atomic mass is 35.5. The first kappa shape index (κ1) is 42.3. The van der Waals surface area contributed by atoms with Gasteiger partial charge in [0, 0.05) is 88.3 Å². The van der Waals surface area contributed by atoms with Crippen molar-refractivity contribution in [1.29, 1.82) is 0 Å². The predicted molar refractivity (Wildman–Crippen MR) is 227 cm³/mol. The molecule has 2 unspecified atom stereocenters. The third-order valence-corrected chi connectivity index (χ3v) is 12.7. The Kier molecular flexibility index (Phi) is 15.4. The number of thioether (sulfide) groups is 2. The van der Waals surface area contributed by atoms with E-state index < -0.39 is 11.9 Å². The summed E-state index contributed by atoms with van der Waals surface area (Å²) in [6, 6.07) is 26.1. The molecule has 0 radical (unpaired) electrons. The number of halogens is 6. The third kappa shape index (κ3) is 11.9. The van der Waals surface area contributed by atoms with E-state index in [9.17, 15) is 9.59 Å². The van der Waals surface area contributed by atoms with Gasteiger partial charge in [0.15, 0.2) is 0 Å². The van der Waals surface area contributed by atoms with Gasteiger partial charge in [0.2, 0.25) is 0 Å². The van der Waals surface area contributed by atoms with Crippen molar-refractivity contribution < 1.29 is 19.1 Å². The van der Waals surface area contributed by atoms with Crippen LogP contribution in [-0.2, 0) is 22.7 Å². The molecule has 0 bridgehead atoms. The summed E-state index contributed by atoms with van der Waals surface area (Å²) in [7, 11) is 0. The van der Waals surface area contributed by atoms with E-state index in [2.05, 4.69) is 9.97 Å². The van der Waals surface area contributed by atoms with Crippen molar-refractivity contribution in [1.82, 2.24) is 19.1 Å². The molecule has 0 N–H and O–H groups in total. The minimum atomic E-state index is -1.23. The van der Waals surface area contributed by atoms with Crippen molar-refractivity contribution >= 4 is 105 Å². The van der Waals surface area contributed by atoms with Gasteiger partial charge in [-0.2, -0.15) is 0 Å². The van der Waals surface area contributed by atoms with Gasteiger partial charge in [-0.25, -0.2) is 19.6 Å². The molecule has 290 valence electrons. The molecule has 0 fully saturated rings. The molecule has 6 rings (SSSR count). The standard InChI is InChI=1S/C40H32Cl6N4O4S2/c41-25-5-11-29(12-6-25)55-35(31-15-9-27(43)23-33(31)45)3-1-19-49-21-17-47-39(49)53-37(51)38(52)54-40-48-18-22-50(40)20-2-4-36(32-16-10-28(44)24-34(32)46)56-30-13-7-26(42)8-14-30/h5-18,21-24,35-36H,1-4,19-20H2. The number of aromatic nitrogens is 4. The molecule has 0 aliphatic carbocycles. The number of hydrogen-bond donors (Lipinski definition) is 0. The minimum absolute atomic E-state index is 0.0162. The maximum absolute atomic E-state index is 12.9. The van der Waals surface area contributed by atoms with Gasteiger partial charge in [-0.1, -0.05) is 81.7 Å². The number of nitrogens with zero attached hydrogens (tertiary/aromatic N) is 4. The summed E-state index contributed by atoms with van der Waals surface area (Å²) in [5.74, 6) is -2.46. The number of imidazole rings is 2. The molecule has 0 saturated heterocycles. The Morgan fingerprint density at radius 1 is 0.554 bits per heavy atom. The van der Waals surface area contributed by atoms with E-state index in [1.807, 2.05) is 72.8 Å². The fraction of sp³-hybridized carbons (Fsp3) is 0.200. The molecule has 8 nitrogen and oxygen atoms in total. The lowest BCUT2D eigenvalue weighted by Crippen LogP contribution is -2.27. The number of carbonyl (C=O) groups excluding carboxylic acids is 2. The van der Waals surface area contributed by atoms with Crippen LogP contribution in [0.4, 0.5) is 0 Å². The number of benzene rings is 4. The molecule has 0 saturated carbocycles. The van der Waals surface area contributed by atoms with Crippen LogP contribution in [0.3, 0.4) is 0 Å². The Bertz CT molecular complexity index is 2110. The van der Waals surface area contributed by atoms with Gasteiger partial charge in [0.1, 0.15) is 0 Å². The second kappa shape index (κ2) is 20.4. The number of rotatable bonds is 16. The predicted octanol–water partition coefficient (Wildman–Crippen LogP) is 13.1. The number of esters is 2. The summed E-state index contributed by atoms with van der Waals surface area (Å²) < 4.78 is 14.1. The van der Waals surface area contributed by atoms with Crippen LogP contribution in [0.25, 0.3) is 0 Å². The van der Waals surface area contributed by atoms with Crippen LogP contribution in [0, 0.1) is 0 Å². The third-order valence-electron chi connectivity index (χ3n) is 8.42. The first-order chi connectivity index (χ1) is 27.0. The van der Waals surface area contributed by atoms with E-state index in [1.54, 1.807) is 57.2 Å². The summed E-state index contributed by atoms with van der Waals surface area (Å²) in [5, 5.41) is 3.51. The zero-order valence-electron chi connectivity index (χ0n) is 29.3. The van der Waals surface area contributed by atoms with Crippen LogP contribution in [-0.4, -0.2) is 31.0 Å². The molecule has 6 aromatic rings. The molecule has 2 atom stereocenters. The highest BCUT2D eigenvalue weighted by molar-refractivity contribution is 7.99. The van der Waals surface area contributed by atoms with E-state index in [4.69, 9.17) is 79.1 Å². The highest BCUT2D eigenvalue weighted by Crippen LogP contribution is 2.44. The lowest BCUT2D eigenvalue weighted by molar-refractivity contribution is -0.157. The Morgan fingerprint density at radius 3 is 1.30 bits per heavy atom. The maximum Gasteiger partial charge on any atom is 0.425 e. The van der Waals surface area contributed by atoms with Crippen LogP contribution >= 0.6 is 93.1 Å². The van der Waals surface area contributed by atoms with Crippen molar-refractivity contribution in [3.05, 3.63) is 151 Å². The molecular formula is C40H32Cl6N4O4S2. The Labute approximate surface area is 362 Å². The second-order valence-electron chi connectivity index (χ2n) is 12.3. The normalized spacial score (nSPS) is 12.3. The Hall–Kier alpha value is -3.32. The molecule has 2 heterocycles. The first-order valence-corrected chi connectivity index (χ1v) is 21.3. The summed E-state index contributed by atoms with van der Waals surface area (Å²) >= 11 is 41.1. The number of carbonyl (C=O) groups is 2. The number of ether oxygens (including phenoxy) is 2. The molecule has 0 aliphatic heterocycles. The number of aryl methyl sites for hydroxylation is 2. The topological polar surface area (TPSA) is 88.2 Å². The van der Waals surface area contributed by atoms with Gasteiger partial charge in [-0.3, -0.25) is 0 Å². The summed E-state index contributed by atoms with van der Waals surface area (Å²) in [5.41, 5.74) is 1.88. The molecular weight excluding hydrogens is 877 g/mol. The molecule has 16 heteroatoms. The molecule has 0 spiro atoms. The van der Waals surface area contributed by atoms with Gasteiger partial charge in [0.25, 0.3) is 0 Å². The lowest BCUT2D eigenvalue weighted by Gasteiger charge is -2.19. The van der Waals surface area contributed by atoms with Gasteiger partial charge in [0.05, 0.1) is 0 Å². The average Bonchev–Trinajstić information content (AvgIpc) is 3.81. The number of hydrogen-bond acceptors (Lipinski definition) is 8. The SMILES string of the molecule is O=C(Oc1nccn1CCCC(Sc1ccc(Cl)cc1)c1ccc(Cl)cc1Cl)C(=O)Oc1nccn1CCCC(Sc1ccc(Cl)cc1)c1ccc(Cl)cc1Cl. The van der Waals surface area contributed by atoms with E-state index >= 15 is 0 Å². The molecule has 4 aromatic carbocycles. The molecule has 56 heavy (non-hydrogen) atoms. The fourth-order valence-electron chi connectivity index (χ4n) is 5.72. The van der Waals surface area contributed by atoms with Crippen LogP contribution in [0.2, 0.25) is 30.1 Å². The van der Waals surface area contributed by atoms with Crippen LogP contribution in [0.5, 0.6) is 12.0 Å². The van der Waals surface area contributed by atoms with E-state index in [1.165, 1.54) is 12.4 Å². The molecule has 2 aromatic heterocycles. The summed E-state index contributed by atoms with van der Waals surface area (Å²) in [4.78, 5) is 36.2. The summed E-state index contributed by atoms with van der Waals surface area (Å²) in [6.07, 6.45) is 9.07. The van der Waals surface area contributed by atoms with Gasteiger partial charge >= 0.3 is 24.0 Å². The van der Waals surface area contributed by atoms with Gasteiger partial charge < -0.3 is 18.6 Å². The Morgan fingerprint density at radius 2 is 0.929 bits per heavy atom. The average molecular weight is 910 g/mol. The van der Waals surface area contributed by atoms with Gasteiger partial charge in [-0.15, -0.1) is 23.5 Å². The maximum atomic E-state index is 12.9. The molecule has 0 aliphatic rings. The van der Waals surface area contributed by atoms with Crippen LogP contribution in [0.15, 0.2) is 120 Å². The quantitative estimate of drug-likeness (QED) is 0.0539. The van der Waals surface area contributed by atoms with Crippen molar-refractivity contribution in [3.63, 3.8) is 0 Å². The Balaban J connectivity index is 1.04. The zero-order valence-corrected chi connectivity index (χ0v) is 35.5. The highest BCUT2D eigenvalue weighted by Gasteiger charge is 2.25. The molecule has 0 amide bonds. The van der Waals surface area contributed by atoms with E-state index in [-0.39, 0.29) is 22.5 Å². The largest absolute Gasteiger partial charge is 0.425 e. The zero-order chi connectivity index (χ0) is 39.6. The minimum Gasteiger partial charge on any atom is -0.383 e. The first-order valence-electron chi connectivity index (χ1n) is 17.2. The van der Waals surface area contributed by atoms with Crippen LogP contribution in [0.1, 0.15) is 47.3 Å². The lowest BCUT2D eigenvalue weighted by atomic mass is 10.1. The van der Waals surface area contributed by atoms with Crippen molar-refractivity contribution in [2.75, 3.05) is 0 Å². The van der Waals surface area contributed by atoms with Gasteiger partial charge in [-0.05, 0) is 110 Å². The fourth-order valence-corrected chi connectivity index (χ4v) is 9.66. The monoisotopic (exact) mass is 906 g/mol.